The lowest BCUT2D eigenvalue weighted by Crippen LogP contribution is -2.13. The van der Waals surface area contributed by atoms with E-state index < -0.39 is 15.8 Å². The number of hydrogen-bond acceptors (Lipinski definition) is 4. The van der Waals surface area contributed by atoms with Gasteiger partial charge in [-0.15, -0.1) is 0 Å². The second-order valence-electron chi connectivity index (χ2n) is 4.67. The van der Waals surface area contributed by atoms with E-state index in [0.717, 1.165) is 3.57 Å². The molecule has 0 fully saturated rings. The number of oxazole rings is 1. The summed E-state index contributed by atoms with van der Waals surface area (Å²) in [4.78, 5) is 11.5. The molecule has 6 nitrogen and oxygen atoms in total. The van der Waals surface area contributed by atoms with Crippen LogP contribution in [-0.4, -0.2) is 13.0 Å². The summed E-state index contributed by atoms with van der Waals surface area (Å²) in [6.45, 7) is 0. The number of rotatable bonds is 3. The molecule has 0 radical (unpaired) electrons. The van der Waals surface area contributed by atoms with Crippen LogP contribution in [0.3, 0.4) is 0 Å². The van der Waals surface area contributed by atoms with E-state index in [9.17, 15) is 13.2 Å². The van der Waals surface area contributed by atoms with Crippen LogP contribution >= 0.6 is 22.6 Å². The van der Waals surface area contributed by atoms with E-state index in [0.29, 0.717) is 16.8 Å². The highest BCUT2D eigenvalue weighted by Crippen LogP contribution is 2.21. The smallest absolute Gasteiger partial charge is 0.408 e. The molecule has 8 heteroatoms. The Labute approximate surface area is 139 Å². The van der Waals surface area contributed by atoms with Gasteiger partial charge in [0.15, 0.2) is 5.58 Å². The SMILES string of the molecule is Cn1c(=O)oc2ccc(S(=O)(=O)Nc3cccc(I)c3)cc21. The largest absolute Gasteiger partial charge is 0.419 e. The van der Waals surface area contributed by atoms with Crippen LogP contribution < -0.4 is 10.5 Å². The van der Waals surface area contributed by atoms with E-state index in [2.05, 4.69) is 27.3 Å². The van der Waals surface area contributed by atoms with Crippen LogP contribution in [0, 0.1) is 3.57 Å². The molecule has 2 aromatic carbocycles. The summed E-state index contributed by atoms with van der Waals surface area (Å²) >= 11 is 2.10. The number of aryl methyl sites for hydroxylation is 1. The van der Waals surface area contributed by atoms with Gasteiger partial charge in [0.25, 0.3) is 10.0 Å². The Morgan fingerprint density at radius 1 is 1.18 bits per heavy atom. The molecule has 0 spiro atoms. The van der Waals surface area contributed by atoms with Gasteiger partial charge in [-0.2, -0.15) is 0 Å². The maximum Gasteiger partial charge on any atom is 0.419 e. The molecule has 3 aromatic rings. The average molecular weight is 430 g/mol. The third-order valence-corrected chi connectivity index (χ3v) is 5.20. The number of benzene rings is 2. The fourth-order valence-corrected chi connectivity index (χ4v) is 3.65. The highest BCUT2D eigenvalue weighted by molar-refractivity contribution is 14.1. The van der Waals surface area contributed by atoms with Crippen molar-refractivity contribution in [2.45, 2.75) is 4.90 Å². The molecule has 0 bridgehead atoms. The van der Waals surface area contributed by atoms with Crippen molar-refractivity contribution in [2.75, 3.05) is 4.72 Å². The number of aromatic nitrogens is 1. The predicted octanol–water partition coefficient (Wildman–Crippen LogP) is 2.54. The van der Waals surface area contributed by atoms with Gasteiger partial charge in [0.1, 0.15) is 0 Å². The first-order chi connectivity index (χ1) is 10.4. The van der Waals surface area contributed by atoms with Gasteiger partial charge >= 0.3 is 5.76 Å². The lowest BCUT2D eigenvalue weighted by molar-refractivity contribution is 0.528. The quantitative estimate of drug-likeness (QED) is 0.648. The molecule has 22 heavy (non-hydrogen) atoms. The number of nitrogens with zero attached hydrogens (tertiary/aromatic N) is 1. The Balaban J connectivity index is 2.05. The second-order valence-corrected chi connectivity index (χ2v) is 7.60. The summed E-state index contributed by atoms with van der Waals surface area (Å²) in [6.07, 6.45) is 0. The Morgan fingerprint density at radius 3 is 2.68 bits per heavy atom. The van der Waals surface area contributed by atoms with Gasteiger partial charge in [0.05, 0.1) is 10.4 Å². The van der Waals surface area contributed by atoms with Crippen molar-refractivity contribution >= 4 is 49.4 Å². The van der Waals surface area contributed by atoms with Gasteiger partial charge in [0.2, 0.25) is 0 Å². The summed E-state index contributed by atoms with van der Waals surface area (Å²) in [5.41, 5.74) is 1.25. The molecular weight excluding hydrogens is 419 g/mol. The van der Waals surface area contributed by atoms with Gasteiger partial charge in [-0.3, -0.25) is 9.29 Å². The van der Waals surface area contributed by atoms with Crippen LogP contribution in [0.4, 0.5) is 5.69 Å². The first-order valence-electron chi connectivity index (χ1n) is 6.25. The van der Waals surface area contributed by atoms with Crippen LogP contribution in [0.1, 0.15) is 0 Å². The van der Waals surface area contributed by atoms with Gasteiger partial charge in [-0.05, 0) is 59.0 Å². The molecule has 3 rings (SSSR count). The maximum atomic E-state index is 12.4. The summed E-state index contributed by atoms with van der Waals surface area (Å²) in [5, 5.41) is 0. The molecule has 0 atom stereocenters. The molecule has 0 aliphatic rings. The third-order valence-electron chi connectivity index (χ3n) is 3.15. The molecule has 1 N–H and O–H groups in total. The molecule has 0 saturated heterocycles. The lowest BCUT2D eigenvalue weighted by Gasteiger charge is -2.08. The zero-order chi connectivity index (χ0) is 15.9. The first-order valence-corrected chi connectivity index (χ1v) is 8.81. The molecular formula is C14H11IN2O4S. The van der Waals surface area contributed by atoms with Gasteiger partial charge in [-0.25, -0.2) is 13.2 Å². The zero-order valence-electron chi connectivity index (χ0n) is 11.4. The van der Waals surface area contributed by atoms with Crippen LogP contribution in [0.15, 0.2) is 56.6 Å². The van der Waals surface area contributed by atoms with Crippen LogP contribution in [0.2, 0.25) is 0 Å². The number of sulfonamides is 1. The molecule has 0 amide bonds. The number of anilines is 1. The molecule has 0 saturated carbocycles. The highest BCUT2D eigenvalue weighted by atomic mass is 127. The van der Waals surface area contributed by atoms with Gasteiger partial charge < -0.3 is 4.42 Å². The van der Waals surface area contributed by atoms with E-state index in [1.807, 2.05) is 6.07 Å². The van der Waals surface area contributed by atoms with Crippen molar-refractivity contribution in [3.63, 3.8) is 0 Å². The maximum absolute atomic E-state index is 12.4. The van der Waals surface area contributed by atoms with Crippen molar-refractivity contribution in [3.8, 4) is 0 Å². The van der Waals surface area contributed by atoms with Crippen LogP contribution in [0.25, 0.3) is 11.1 Å². The average Bonchev–Trinajstić information content (AvgIpc) is 2.73. The van der Waals surface area contributed by atoms with Crippen molar-refractivity contribution < 1.29 is 12.8 Å². The number of nitrogens with one attached hydrogen (secondary N) is 1. The van der Waals surface area contributed by atoms with Crippen molar-refractivity contribution in [3.05, 3.63) is 56.6 Å². The number of hydrogen-bond donors (Lipinski definition) is 1. The van der Waals surface area contributed by atoms with Crippen molar-refractivity contribution in [1.29, 1.82) is 0 Å². The number of fused-ring (bicyclic) bond motifs is 1. The van der Waals surface area contributed by atoms with Crippen molar-refractivity contribution in [2.24, 2.45) is 7.05 Å². The summed E-state index contributed by atoms with van der Waals surface area (Å²) in [6, 6.07) is 11.3. The molecule has 0 unspecified atom stereocenters. The summed E-state index contributed by atoms with van der Waals surface area (Å²) in [5.74, 6) is -0.532. The standard InChI is InChI=1S/C14H11IN2O4S/c1-17-12-8-11(5-6-13(12)21-14(17)18)22(19,20)16-10-4-2-3-9(15)7-10/h2-8,16H,1H3. The van der Waals surface area contributed by atoms with E-state index >= 15 is 0 Å². The Hall–Kier alpha value is -1.81. The lowest BCUT2D eigenvalue weighted by atomic mass is 10.3. The van der Waals surface area contributed by atoms with Crippen LogP contribution in [0.5, 0.6) is 0 Å². The van der Waals surface area contributed by atoms with E-state index in [1.165, 1.54) is 29.8 Å². The molecule has 1 heterocycles. The molecule has 0 aliphatic heterocycles. The fraction of sp³-hybridized carbons (Fsp3) is 0.0714. The minimum atomic E-state index is -3.74. The second kappa shape index (κ2) is 5.43. The normalized spacial score (nSPS) is 11.7. The minimum absolute atomic E-state index is 0.0651. The topological polar surface area (TPSA) is 81.3 Å². The summed E-state index contributed by atoms with van der Waals surface area (Å²) < 4.78 is 34.6. The summed E-state index contributed by atoms with van der Waals surface area (Å²) in [7, 11) is -2.21. The highest BCUT2D eigenvalue weighted by Gasteiger charge is 2.17. The Kier molecular flexibility index (Phi) is 3.73. The van der Waals surface area contributed by atoms with Crippen LogP contribution in [-0.2, 0) is 17.1 Å². The van der Waals surface area contributed by atoms with E-state index in [1.54, 1.807) is 18.2 Å². The first kappa shape index (κ1) is 15.1. The van der Waals surface area contributed by atoms with E-state index in [-0.39, 0.29) is 4.90 Å². The molecule has 0 aliphatic carbocycles. The minimum Gasteiger partial charge on any atom is -0.408 e. The monoisotopic (exact) mass is 430 g/mol. The van der Waals surface area contributed by atoms with Crippen molar-refractivity contribution in [1.82, 2.24) is 4.57 Å². The van der Waals surface area contributed by atoms with Gasteiger partial charge in [0, 0.05) is 16.3 Å². The molecule has 1 aromatic heterocycles. The number of halogens is 1. The Bertz CT molecular complexity index is 1020. The fourth-order valence-electron chi connectivity index (χ4n) is 2.04. The zero-order valence-corrected chi connectivity index (χ0v) is 14.4. The Morgan fingerprint density at radius 2 is 1.95 bits per heavy atom. The van der Waals surface area contributed by atoms with Gasteiger partial charge in [-0.1, -0.05) is 6.07 Å². The predicted molar refractivity (Wildman–Crippen MR) is 91.4 cm³/mol. The van der Waals surface area contributed by atoms with E-state index in [4.69, 9.17) is 4.42 Å². The molecule has 114 valence electrons. The third kappa shape index (κ3) is 2.75.